The Bertz CT molecular complexity index is 579. The van der Waals surface area contributed by atoms with Gasteiger partial charge in [0.25, 0.3) is 5.91 Å². The Kier molecular flexibility index (Phi) is 5.89. The largest absolute Gasteiger partial charge is 0.496 e. The Labute approximate surface area is 132 Å². The maximum Gasteiger partial charge on any atom is 0.329 e. The van der Waals surface area contributed by atoms with E-state index in [1.807, 2.05) is 0 Å². The standard InChI is InChI=1S/C15H18FNO6/c1-21-12-3-2-9(16)6-10(12)15(20)17-11-7-22-5-4-13(11)23-8-14(18)19/h2-3,6,11,13H,4-5,7-8H2,1H3,(H,17,20)(H,18,19)/t11-,13+/m1/s1. The number of carboxylic acids is 1. The van der Waals surface area contributed by atoms with E-state index < -0.39 is 36.4 Å². The Balaban J connectivity index is 2.07. The molecule has 0 aromatic heterocycles. The van der Waals surface area contributed by atoms with Crippen molar-refractivity contribution in [3.8, 4) is 5.75 Å². The van der Waals surface area contributed by atoms with Crippen LogP contribution in [-0.4, -0.2) is 56.1 Å². The molecule has 1 saturated heterocycles. The fourth-order valence-electron chi connectivity index (χ4n) is 2.33. The van der Waals surface area contributed by atoms with E-state index in [9.17, 15) is 14.0 Å². The van der Waals surface area contributed by atoms with Gasteiger partial charge < -0.3 is 24.6 Å². The Hall–Kier alpha value is -2.19. The Morgan fingerprint density at radius 2 is 2.26 bits per heavy atom. The Morgan fingerprint density at radius 3 is 2.96 bits per heavy atom. The number of carbonyl (C=O) groups is 2. The minimum Gasteiger partial charge on any atom is -0.496 e. The number of rotatable bonds is 6. The molecule has 1 heterocycles. The van der Waals surface area contributed by atoms with E-state index in [2.05, 4.69) is 5.32 Å². The number of ether oxygens (including phenoxy) is 3. The number of halogens is 1. The number of nitrogens with one attached hydrogen (secondary N) is 1. The molecule has 0 spiro atoms. The quantitative estimate of drug-likeness (QED) is 0.803. The highest BCUT2D eigenvalue weighted by Crippen LogP contribution is 2.20. The van der Waals surface area contributed by atoms with E-state index in [-0.39, 0.29) is 17.9 Å². The minimum absolute atomic E-state index is 0.0510. The predicted octanol–water partition coefficient (Wildman–Crippen LogP) is 0.823. The van der Waals surface area contributed by atoms with E-state index >= 15 is 0 Å². The number of aliphatic carboxylic acids is 1. The molecule has 126 valence electrons. The zero-order valence-corrected chi connectivity index (χ0v) is 12.6. The van der Waals surface area contributed by atoms with E-state index in [0.29, 0.717) is 13.0 Å². The van der Waals surface area contributed by atoms with Crippen molar-refractivity contribution in [2.24, 2.45) is 0 Å². The minimum atomic E-state index is -1.09. The summed E-state index contributed by atoms with van der Waals surface area (Å²) in [7, 11) is 1.38. The molecule has 1 aromatic carbocycles. The highest BCUT2D eigenvalue weighted by Gasteiger charge is 2.29. The van der Waals surface area contributed by atoms with Crippen LogP contribution in [0.5, 0.6) is 5.75 Å². The van der Waals surface area contributed by atoms with Crippen LogP contribution in [0.3, 0.4) is 0 Å². The molecule has 1 amide bonds. The predicted molar refractivity (Wildman–Crippen MR) is 77.0 cm³/mol. The fraction of sp³-hybridized carbons (Fsp3) is 0.467. The number of methoxy groups -OCH3 is 1. The van der Waals surface area contributed by atoms with Crippen LogP contribution in [0.2, 0.25) is 0 Å². The van der Waals surface area contributed by atoms with Gasteiger partial charge in [-0.1, -0.05) is 0 Å². The summed E-state index contributed by atoms with van der Waals surface area (Å²) in [4.78, 5) is 23.0. The molecule has 1 aromatic rings. The van der Waals surface area contributed by atoms with Crippen LogP contribution < -0.4 is 10.1 Å². The molecule has 1 aliphatic rings. The lowest BCUT2D eigenvalue weighted by atomic mass is 10.1. The first-order valence-electron chi connectivity index (χ1n) is 7.07. The van der Waals surface area contributed by atoms with Gasteiger partial charge in [0.1, 0.15) is 18.2 Å². The molecule has 0 bridgehead atoms. The SMILES string of the molecule is COc1ccc(F)cc1C(=O)N[C@@H]1COCC[C@@H]1OCC(=O)O. The molecule has 0 aliphatic carbocycles. The second-order valence-corrected chi connectivity index (χ2v) is 5.03. The summed E-state index contributed by atoms with van der Waals surface area (Å²) in [6.45, 7) is 0.147. The van der Waals surface area contributed by atoms with Gasteiger partial charge in [-0.25, -0.2) is 9.18 Å². The molecule has 2 atom stereocenters. The number of carbonyl (C=O) groups excluding carboxylic acids is 1. The van der Waals surface area contributed by atoms with Gasteiger partial charge in [-0.2, -0.15) is 0 Å². The van der Waals surface area contributed by atoms with Crippen LogP contribution in [0.4, 0.5) is 4.39 Å². The summed E-state index contributed by atoms with van der Waals surface area (Å²) >= 11 is 0. The molecule has 23 heavy (non-hydrogen) atoms. The summed E-state index contributed by atoms with van der Waals surface area (Å²) < 4.78 is 29.0. The van der Waals surface area contributed by atoms with Crippen molar-refractivity contribution in [3.63, 3.8) is 0 Å². The summed E-state index contributed by atoms with van der Waals surface area (Å²) in [5, 5.41) is 11.4. The second kappa shape index (κ2) is 7.89. The number of hydrogen-bond acceptors (Lipinski definition) is 5. The number of carboxylic acid groups (broad SMARTS) is 1. The molecule has 0 radical (unpaired) electrons. The van der Waals surface area contributed by atoms with Gasteiger partial charge in [0, 0.05) is 6.61 Å². The normalized spacial score (nSPS) is 20.8. The van der Waals surface area contributed by atoms with Crippen LogP contribution in [0.1, 0.15) is 16.8 Å². The first-order chi connectivity index (χ1) is 11.0. The van der Waals surface area contributed by atoms with Crippen LogP contribution in [-0.2, 0) is 14.3 Å². The number of hydrogen-bond donors (Lipinski definition) is 2. The van der Waals surface area contributed by atoms with Crippen molar-refractivity contribution in [3.05, 3.63) is 29.6 Å². The van der Waals surface area contributed by atoms with Crippen molar-refractivity contribution in [1.82, 2.24) is 5.32 Å². The number of amides is 1. The van der Waals surface area contributed by atoms with Gasteiger partial charge in [-0.05, 0) is 24.6 Å². The van der Waals surface area contributed by atoms with Crippen LogP contribution >= 0.6 is 0 Å². The third-order valence-electron chi connectivity index (χ3n) is 3.44. The molecule has 0 unspecified atom stereocenters. The van der Waals surface area contributed by atoms with E-state index in [4.69, 9.17) is 19.3 Å². The van der Waals surface area contributed by atoms with Crippen molar-refractivity contribution >= 4 is 11.9 Å². The van der Waals surface area contributed by atoms with E-state index in [0.717, 1.165) is 6.07 Å². The highest BCUT2D eigenvalue weighted by atomic mass is 19.1. The number of benzene rings is 1. The van der Waals surface area contributed by atoms with Crippen molar-refractivity contribution < 1.29 is 33.3 Å². The highest BCUT2D eigenvalue weighted by molar-refractivity contribution is 5.97. The maximum atomic E-state index is 13.4. The monoisotopic (exact) mass is 327 g/mol. The lowest BCUT2D eigenvalue weighted by molar-refractivity contribution is -0.147. The second-order valence-electron chi connectivity index (χ2n) is 5.03. The first kappa shape index (κ1) is 17.2. The topological polar surface area (TPSA) is 94.1 Å². The van der Waals surface area contributed by atoms with Crippen molar-refractivity contribution in [2.45, 2.75) is 18.6 Å². The van der Waals surface area contributed by atoms with E-state index in [1.54, 1.807) is 0 Å². The molecule has 2 rings (SSSR count). The molecule has 8 heteroatoms. The molecule has 7 nitrogen and oxygen atoms in total. The van der Waals surface area contributed by atoms with Crippen molar-refractivity contribution in [2.75, 3.05) is 26.9 Å². The molecular formula is C15H18FNO6. The Morgan fingerprint density at radius 1 is 1.48 bits per heavy atom. The zero-order chi connectivity index (χ0) is 16.8. The van der Waals surface area contributed by atoms with E-state index in [1.165, 1.54) is 19.2 Å². The maximum absolute atomic E-state index is 13.4. The first-order valence-corrected chi connectivity index (χ1v) is 7.07. The third kappa shape index (κ3) is 4.64. The van der Waals surface area contributed by atoms with Gasteiger partial charge >= 0.3 is 5.97 Å². The van der Waals surface area contributed by atoms with Crippen molar-refractivity contribution in [1.29, 1.82) is 0 Å². The molecule has 1 aliphatic heterocycles. The van der Waals surface area contributed by atoms with Crippen LogP contribution in [0.15, 0.2) is 18.2 Å². The lowest BCUT2D eigenvalue weighted by Crippen LogP contribution is -2.51. The molecule has 1 fully saturated rings. The van der Waals surface area contributed by atoms with Gasteiger partial charge in [-0.15, -0.1) is 0 Å². The lowest BCUT2D eigenvalue weighted by Gasteiger charge is -2.31. The molecule has 0 saturated carbocycles. The summed E-state index contributed by atoms with van der Waals surface area (Å²) in [6, 6.07) is 3.10. The smallest absolute Gasteiger partial charge is 0.329 e. The van der Waals surface area contributed by atoms with Gasteiger partial charge in [0.2, 0.25) is 0 Å². The fourth-order valence-corrected chi connectivity index (χ4v) is 2.33. The average molecular weight is 327 g/mol. The third-order valence-corrected chi connectivity index (χ3v) is 3.44. The summed E-state index contributed by atoms with van der Waals surface area (Å²) in [5.41, 5.74) is 0.0510. The van der Waals surface area contributed by atoms with Crippen LogP contribution in [0, 0.1) is 5.82 Å². The van der Waals surface area contributed by atoms with Crippen LogP contribution in [0.25, 0.3) is 0 Å². The average Bonchev–Trinajstić information content (AvgIpc) is 2.53. The molecule has 2 N–H and O–H groups in total. The van der Waals surface area contributed by atoms with Gasteiger partial charge in [-0.3, -0.25) is 4.79 Å². The summed E-state index contributed by atoms with van der Waals surface area (Å²) in [6.07, 6.45) is -0.0261. The van der Waals surface area contributed by atoms with Gasteiger partial charge in [0.15, 0.2) is 0 Å². The zero-order valence-electron chi connectivity index (χ0n) is 12.6. The van der Waals surface area contributed by atoms with Gasteiger partial charge in [0.05, 0.1) is 31.4 Å². The molecular weight excluding hydrogens is 309 g/mol. The summed E-state index contributed by atoms with van der Waals surface area (Å²) in [5.74, 6) is -1.95.